The van der Waals surface area contributed by atoms with E-state index < -0.39 is 0 Å². The molecule has 0 aromatic rings. The SMILES string of the molecule is O=C1C=CC(=O)C(P)=C1. The van der Waals surface area contributed by atoms with Gasteiger partial charge in [0.1, 0.15) is 0 Å². The van der Waals surface area contributed by atoms with Gasteiger partial charge in [0, 0.05) is 5.31 Å². The van der Waals surface area contributed by atoms with Crippen LogP contribution in [0.3, 0.4) is 0 Å². The smallest absolute Gasteiger partial charge is 0.186 e. The molecule has 0 saturated heterocycles. The molecule has 2 nitrogen and oxygen atoms in total. The third-order valence-electron chi connectivity index (χ3n) is 0.981. The van der Waals surface area contributed by atoms with E-state index in [-0.39, 0.29) is 11.6 Å². The van der Waals surface area contributed by atoms with E-state index in [1.807, 2.05) is 0 Å². The zero-order chi connectivity index (χ0) is 6.85. The Bertz CT molecular complexity index is 225. The van der Waals surface area contributed by atoms with Crippen LogP contribution in [0.5, 0.6) is 0 Å². The van der Waals surface area contributed by atoms with Gasteiger partial charge in [0.2, 0.25) is 0 Å². The standard InChI is InChI=1S/C6H5O2P/c7-4-1-2-5(8)6(9)3-4/h1-3H,9H2. The second-order valence-corrected chi connectivity index (χ2v) is 2.32. The van der Waals surface area contributed by atoms with Gasteiger partial charge in [-0.3, -0.25) is 9.59 Å². The first-order chi connectivity index (χ1) is 4.20. The van der Waals surface area contributed by atoms with Gasteiger partial charge in [0.25, 0.3) is 0 Å². The Kier molecular flexibility index (Phi) is 1.58. The summed E-state index contributed by atoms with van der Waals surface area (Å²) < 4.78 is 0. The van der Waals surface area contributed by atoms with Crippen LogP contribution in [0, 0.1) is 0 Å². The summed E-state index contributed by atoms with van der Waals surface area (Å²) in [5.41, 5.74) is 0. The highest BCUT2D eigenvalue weighted by molar-refractivity contribution is 7.25. The van der Waals surface area contributed by atoms with Gasteiger partial charge in [-0.05, 0) is 18.2 Å². The largest absolute Gasteiger partial charge is 0.290 e. The molecule has 46 valence electrons. The van der Waals surface area contributed by atoms with Crippen LogP contribution in [0.2, 0.25) is 0 Å². The Labute approximate surface area is 54.8 Å². The molecular formula is C6H5O2P. The summed E-state index contributed by atoms with van der Waals surface area (Å²) in [6.07, 6.45) is 3.83. The molecule has 1 aliphatic rings. The highest BCUT2D eigenvalue weighted by Crippen LogP contribution is 2.11. The van der Waals surface area contributed by atoms with Crippen molar-refractivity contribution in [3.05, 3.63) is 23.5 Å². The molecule has 0 aliphatic heterocycles. The number of carbonyl (C=O) groups is 2. The first-order valence-corrected chi connectivity index (χ1v) is 3.01. The van der Waals surface area contributed by atoms with E-state index in [0.29, 0.717) is 5.31 Å². The molecule has 1 rings (SSSR count). The van der Waals surface area contributed by atoms with E-state index in [9.17, 15) is 9.59 Å². The normalized spacial score (nSPS) is 18.1. The fourth-order valence-electron chi connectivity index (χ4n) is 0.527. The lowest BCUT2D eigenvalue weighted by molar-refractivity contribution is -0.114. The Morgan fingerprint density at radius 1 is 1.22 bits per heavy atom. The molecule has 1 unspecified atom stereocenters. The fourth-order valence-corrected chi connectivity index (χ4v) is 0.787. The molecule has 0 aromatic carbocycles. The van der Waals surface area contributed by atoms with Crippen molar-refractivity contribution >= 4 is 20.8 Å². The average molecular weight is 140 g/mol. The molecule has 0 amide bonds. The summed E-state index contributed by atoms with van der Waals surface area (Å²) >= 11 is 0. The monoisotopic (exact) mass is 140 g/mol. The van der Waals surface area contributed by atoms with Crippen LogP contribution in [0.25, 0.3) is 0 Å². The quantitative estimate of drug-likeness (QED) is 0.361. The second kappa shape index (κ2) is 2.24. The first kappa shape index (κ1) is 6.37. The zero-order valence-electron chi connectivity index (χ0n) is 4.63. The molecule has 0 radical (unpaired) electrons. The van der Waals surface area contributed by atoms with Gasteiger partial charge >= 0.3 is 0 Å². The number of hydrogen-bond donors (Lipinski definition) is 0. The number of carbonyl (C=O) groups excluding carboxylic acids is 2. The van der Waals surface area contributed by atoms with Crippen LogP contribution in [0.15, 0.2) is 23.5 Å². The van der Waals surface area contributed by atoms with Gasteiger partial charge in [-0.1, -0.05) is 0 Å². The predicted molar refractivity (Wildman–Crippen MR) is 36.9 cm³/mol. The molecule has 0 heterocycles. The molecule has 0 bridgehead atoms. The van der Waals surface area contributed by atoms with Gasteiger partial charge in [-0.15, -0.1) is 9.24 Å². The van der Waals surface area contributed by atoms with Gasteiger partial charge in [-0.2, -0.15) is 0 Å². The molecule has 3 heteroatoms. The van der Waals surface area contributed by atoms with Crippen molar-refractivity contribution in [1.82, 2.24) is 0 Å². The Morgan fingerprint density at radius 3 is 2.33 bits per heavy atom. The summed E-state index contributed by atoms with van der Waals surface area (Å²) in [4.78, 5) is 21.1. The van der Waals surface area contributed by atoms with Gasteiger partial charge in [-0.25, -0.2) is 0 Å². The number of rotatable bonds is 0. The predicted octanol–water partition coefficient (Wildman–Crippen LogP) is 0.453. The molecule has 0 N–H and O–H groups in total. The van der Waals surface area contributed by atoms with Crippen LogP contribution in [0.1, 0.15) is 0 Å². The number of allylic oxidation sites excluding steroid dienone is 4. The Morgan fingerprint density at radius 2 is 1.89 bits per heavy atom. The molecule has 1 atom stereocenters. The summed E-state index contributed by atoms with van der Waals surface area (Å²) in [7, 11) is 2.21. The van der Waals surface area contributed by atoms with Crippen LogP contribution in [0.4, 0.5) is 0 Å². The minimum Gasteiger partial charge on any atom is -0.290 e. The van der Waals surface area contributed by atoms with Crippen LogP contribution < -0.4 is 0 Å². The van der Waals surface area contributed by atoms with Crippen molar-refractivity contribution in [3.8, 4) is 0 Å². The van der Waals surface area contributed by atoms with Crippen molar-refractivity contribution < 1.29 is 9.59 Å². The molecule has 9 heavy (non-hydrogen) atoms. The molecular weight excluding hydrogens is 135 g/mol. The van der Waals surface area contributed by atoms with Gasteiger partial charge in [0.05, 0.1) is 0 Å². The van der Waals surface area contributed by atoms with Gasteiger partial charge < -0.3 is 0 Å². The Balaban J connectivity index is 2.95. The van der Waals surface area contributed by atoms with E-state index in [2.05, 4.69) is 9.24 Å². The molecule has 0 spiro atoms. The molecule has 0 aromatic heterocycles. The highest BCUT2D eigenvalue weighted by Gasteiger charge is 2.06. The lowest BCUT2D eigenvalue weighted by atomic mass is 10.2. The maximum absolute atomic E-state index is 10.6. The van der Waals surface area contributed by atoms with Crippen LogP contribution in [-0.2, 0) is 9.59 Å². The first-order valence-electron chi connectivity index (χ1n) is 2.43. The van der Waals surface area contributed by atoms with Crippen molar-refractivity contribution in [1.29, 1.82) is 0 Å². The minimum atomic E-state index is -0.125. The van der Waals surface area contributed by atoms with E-state index in [1.54, 1.807) is 0 Å². The summed E-state index contributed by atoms with van der Waals surface area (Å²) in [5.74, 6) is -0.237. The maximum Gasteiger partial charge on any atom is 0.186 e. The van der Waals surface area contributed by atoms with Crippen molar-refractivity contribution in [3.63, 3.8) is 0 Å². The summed E-state index contributed by atoms with van der Waals surface area (Å²) in [6, 6.07) is 0. The van der Waals surface area contributed by atoms with E-state index in [4.69, 9.17) is 0 Å². The lowest BCUT2D eigenvalue weighted by Crippen LogP contribution is -2.01. The molecule has 1 aliphatic carbocycles. The Hall–Kier alpha value is -0.750. The van der Waals surface area contributed by atoms with Crippen molar-refractivity contribution in [2.24, 2.45) is 0 Å². The fraction of sp³-hybridized carbons (Fsp3) is 0. The second-order valence-electron chi connectivity index (χ2n) is 1.70. The maximum atomic E-state index is 10.6. The zero-order valence-corrected chi connectivity index (χ0v) is 5.78. The number of ketones is 2. The van der Waals surface area contributed by atoms with E-state index >= 15 is 0 Å². The summed E-state index contributed by atoms with van der Waals surface area (Å²) in [5, 5.41) is 0.433. The van der Waals surface area contributed by atoms with Crippen molar-refractivity contribution in [2.45, 2.75) is 0 Å². The summed E-state index contributed by atoms with van der Waals surface area (Å²) in [6.45, 7) is 0. The molecule has 0 saturated carbocycles. The van der Waals surface area contributed by atoms with Gasteiger partial charge in [0.15, 0.2) is 11.6 Å². The number of hydrogen-bond acceptors (Lipinski definition) is 2. The average Bonchev–Trinajstić information content (AvgIpc) is 1.80. The third kappa shape index (κ3) is 1.33. The topological polar surface area (TPSA) is 34.1 Å². The lowest BCUT2D eigenvalue weighted by Gasteiger charge is -1.96. The third-order valence-corrected chi connectivity index (χ3v) is 1.43. The molecule has 0 fully saturated rings. The van der Waals surface area contributed by atoms with Crippen LogP contribution >= 0.6 is 9.24 Å². The minimum absolute atomic E-state index is 0.111. The van der Waals surface area contributed by atoms with E-state index in [0.717, 1.165) is 0 Å². The van der Waals surface area contributed by atoms with E-state index in [1.165, 1.54) is 18.2 Å². The highest BCUT2D eigenvalue weighted by atomic mass is 31.0. The van der Waals surface area contributed by atoms with Crippen molar-refractivity contribution in [2.75, 3.05) is 0 Å². The van der Waals surface area contributed by atoms with Crippen LogP contribution in [-0.4, -0.2) is 11.6 Å².